The lowest BCUT2D eigenvalue weighted by atomic mass is 10.1. The Kier molecular flexibility index (Phi) is 1.83. The summed E-state index contributed by atoms with van der Waals surface area (Å²) in [6.45, 7) is 2.17. The van der Waals surface area contributed by atoms with Crippen molar-refractivity contribution in [3.05, 3.63) is 48.0 Å². The van der Waals surface area contributed by atoms with Gasteiger partial charge in [-0.05, 0) is 28.8 Å². The predicted molar refractivity (Wildman–Crippen MR) is 52.2 cm³/mol. The highest BCUT2D eigenvalue weighted by Gasteiger charge is 1.92. The van der Waals surface area contributed by atoms with Gasteiger partial charge in [-0.25, -0.2) is 0 Å². The van der Waals surface area contributed by atoms with E-state index in [0.29, 0.717) is 0 Å². The molecule has 2 aromatic carbocycles. The van der Waals surface area contributed by atoms with Crippen molar-refractivity contribution in [3.8, 4) is 0 Å². The summed E-state index contributed by atoms with van der Waals surface area (Å²) in [6.07, 6.45) is 1.10. The Morgan fingerprint density at radius 1 is 1.25 bits per heavy atom. The zero-order valence-electron chi connectivity index (χ0n) is 7.17. The molecule has 12 heavy (non-hydrogen) atoms. The van der Waals surface area contributed by atoms with Gasteiger partial charge in [0.15, 0.2) is 0 Å². The van der Waals surface area contributed by atoms with Crippen LogP contribution in [0.3, 0.4) is 0 Å². The summed E-state index contributed by atoms with van der Waals surface area (Å²) in [6, 6.07) is 15.9. The highest BCUT2D eigenvalue weighted by Crippen LogP contribution is 2.14. The SMILES string of the molecule is CCc1ccc2ccc[c]c2c1. The van der Waals surface area contributed by atoms with Gasteiger partial charge in [0, 0.05) is 0 Å². The van der Waals surface area contributed by atoms with Crippen LogP contribution in [0.4, 0.5) is 0 Å². The summed E-state index contributed by atoms with van der Waals surface area (Å²) in [5, 5.41) is 2.49. The van der Waals surface area contributed by atoms with Gasteiger partial charge < -0.3 is 0 Å². The molecule has 0 saturated heterocycles. The molecular formula is C12H11. The molecule has 2 aromatic rings. The third-order valence-electron chi connectivity index (χ3n) is 2.14. The first-order valence-corrected chi connectivity index (χ1v) is 4.29. The first kappa shape index (κ1) is 7.35. The van der Waals surface area contributed by atoms with Crippen LogP contribution in [0.15, 0.2) is 36.4 Å². The number of fused-ring (bicyclic) bond motifs is 1. The van der Waals surface area contributed by atoms with E-state index in [0.717, 1.165) is 6.42 Å². The summed E-state index contributed by atoms with van der Waals surface area (Å²) < 4.78 is 0. The molecule has 0 aliphatic heterocycles. The van der Waals surface area contributed by atoms with E-state index >= 15 is 0 Å². The van der Waals surface area contributed by atoms with Crippen molar-refractivity contribution >= 4 is 10.8 Å². The Hall–Kier alpha value is -1.30. The smallest absolute Gasteiger partial charge is 0.00991 e. The summed E-state index contributed by atoms with van der Waals surface area (Å²) >= 11 is 0. The largest absolute Gasteiger partial charge is 0.0613 e. The highest BCUT2D eigenvalue weighted by molar-refractivity contribution is 5.82. The minimum atomic E-state index is 1.10. The molecular weight excluding hydrogens is 144 g/mol. The van der Waals surface area contributed by atoms with Crippen molar-refractivity contribution in [3.63, 3.8) is 0 Å². The molecule has 0 aromatic heterocycles. The fourth-order valence-corrected chi connectivity index (χ4v) is 1.38. The number of hydrogen-bond acceptors (Lipinski definition) is 0. The van der Waals surface area contributed by atoms with Crippen molar-refractivity contribution in [2.45, 2.75) is 13.3 Å². The van der Waals surface area contributed by atoms with Crippen molar-refractivity contribution < 1.29 is 0 Å². The Balaban J connectivity index is 2.67. The molecule has 0 bridgehead atoms. The molecule has 1 radical (unpaired) electrons. The minimum absolute atomic E-state index is 1.10. The number of benzene rings is 2. The van der Waals surface area contributed by atoms with Crippen molar-refractivity contribution in [2.24, 2.45) is 0 Å². The van der Waals surface area contributed by atoms with E-state index in [9.17, 15) is 0 Å². The molecule has 0 amide bonds. The molecule has 0 N–H and O–H groups in total. The topological polar surface area (TPSA) is 0 Å². The molecule has 0 unspecified atom stereocenters. The van der Waals surface area contributed by atoms with E-state index in [4.69, 9.17) is 0 Å². The van der Waals surface area contributed by atoms with E-state index in [2.05, 4.69) is 37.3 Å². The quantitative estimate of drug-likeness (QED) is 0.593. The molecule has 2 rings (SSSR count). The van der Waals surface area contributed by atoms with Gasteiger partial charge in [-0.1, -0.05) is 43.3 Å². The van der Waals surface area contributed by atoms with Gasteiger partial charge in [-0.15, -0.1) is 0 Å². The molecule has 0 saturated carbocycles. The van der Waals surface area contributed by atoms with Gasteiger partial charge in [-0.3, -0.25) is 0 Å². The van der Waals surface area contributed by atoms with Crippen LogP contribution in [0.2, 0.25) is 0 Å². The standard InChI is InChI=1S/C12H11/c1-2-10-7-8-11-5-3-4-6-12(11)9-10/h3-5,7-9H,2H2,1H3. The number of rotatable bonds is 1. The van der Waals surface area contributed by atoms with Gasteiger partial charge in [0.2, 0.25) is 0 Å². The fourth-order valence-electron chi connectivity index (χ4n) is 1.38. The summed E-state index contributed by atoms with van der Waals surface area (Å²) in [5.74, 6) is 0. The van der Waals surface area contributed by atoms with Crippen LogP contribution in [0.5, 0.6) is 0 Å². The lowest BCUT2D eigenvalue weighted by Gasteiger charge is -1.99. The maximum Gasteiger partial charge on any atom is -0.00991 e. The number of hydrogen-bond donors (Lipinski definition) is 0. The van der Waals surface area contributed by atoms with Gasteiger partial charge in [0.25, 0.3) is 0 Å². The molecule has 59 valence electrons. The van der Waals surface area contributed by atoms with Crippen LogP contribution in [-0.2, 0) is 6.42 Å². The Bertz CT molecular complexity index is 388. The molecule has 0 atom stereocenters. The molecule has 0 aliphatic carbocycles. The average molecular weight is 155 g/mol. The van der Waals surface area contributed by atoms with Crippen LogP contribution < -0.4 is 0 Å². The molecule has 0 fully saturated rings. The summed E-state index contributed by atoms with van der Waals surface area (Å²) in [7, 11) is 0. The van der Waals surface area contributed by atoms with E-state index in [-0.39, 0.29) is 0 Å². The number of aryl methyl sites for hydroxylation is 1. The predicted octanol–water partition coefficient (Wildman–Crippen LogP) is 3.20. The van der Waals surface area contributed by atoms with Gasteiger partial charge in [0.1, 0.15) is 0 Å². The van der Waals surface area contributed by atoms with Crippen LogP contribution >= 0.6 is 0 Å². The van der Waals surface area contributed by atoms with E-state index < -0.39 is 0 Å². The van der Waals surface area contributed by atoms with Gasteiger partial charge in [-0.2, -0.15) is 0 Å². The zero-order chi connectivity index (χ0) is 8.39. The molecule has 0 aliphatic rings. The van der Waals surface area contributed by atoms with Gasteiger partial charge in [0.05, 0.1) is 0 Å². The summed E-state index contributed by atoms with van der Waals surface area (Å²) in [5.41, 5.74) is 1.38. The highest BCUT2D eigenvalue weighted by atomic mass is 14.0. The summed E-state index contributed by atoms with van der Waals surface area (Å²) in [4.78, 5) is 0. The Labute approximate surface area is 72.8 Å². The minimum Gasteiger partial charge on any atom is -0.0613 e. The maximum absolute atomic E-state index is 3.23. The second-order valence-electron chi connectivity index (χ2n) is 2.95. The molecule has 0 spiro atoms. The zero-order valence-corrected chi connectivity index (χ0v) is 7.17. The van der Waals surface area contributed by atoms with E-state index in [1.807, 2.05) is 12.1 Å². The van der Waals surface area contributed by atoms with Crippen LogP contribution in [0.1, 0.15) is 12.5 Å². The van der Waals surface area contributed by atoms with Crippen LogP contribution in [-0.4, -0.2) is 0 Å². The van der Waals surface area contributed by atoms with Crippen LogP contribution in [0.25, 0.3) is 10.8 Å². The third kappa shape index (κ3) is 1.20. The van der Waals surface area contributed by atoms with E-state index in [1.165, 1.54) is 16.3 Å². The van der Waals surface area contributed by atoms with Crippen LogP contribution in [0, 0.1) is 6.07 Å². The monoisotopic (exact) mass is 155 g/mol. The molecule has 0 heteroatoms. The fraction of sp³-hybridized carbons (Fsp3) is 0.167. The third-order valence-corrected chi connectivity index (χ3v) is 2.14. The average Bonchev–Trinajstić information content (AvgIpc) is 2.17. The second-order valence-corrected chi connectivity index (χ2v) is 2.95. The lowest BCUT2D eigenvalue weighted by molar-refractivity contribution is 1.15. The Morgan fingerprint density at radius 2 is 2.17 bits per heavy atom. The first-order valence-electron chi connectivity index (χ1n) is 4.29. The second kappa shape index (κ2) is 2.98. The molecule has 0 nitrogen and oxygen atoms in total. The van der Waals surface area contributed by atoms with Gasteiger partial charge >= 0.3 is 0 Å². The first-order chi connectivity index (χ1) is 5.90. The van der Waals surface area contributed by atoms with Crippen molar-refractivity contribution in [2.75, 3.05) is 0 Å². The van der Waals surface area contributed by atoms with Crippen molar-refractivity contribution in [1.29, 1.82) is 0 Å². The van der Waals surface area contributed by atoms with Crippen molar-refractivity contribution in [1.82, 2.24) is 0 Å². The normalized spacial score (nSPS) is 10.4. The van der Waals surface area contributed by atoms with E-state index in [1.54, 1.807) is 0 Å². The molecule has 0 heterocycles. The Morgan fingerprint density at radius 3 is 3.00 bits per heavy atom. The maximum atomic E-state index is 3.23. The lowest BCUT2D eigenvalue weighted by Crippen LogP contribution is -1.79.